The third-order valence-electron chi connectivity index (χ3n) is 2.80. The highest BCUT2D eigenvalue weighted by Gasteiger charge is 2.21. The number of rotatable bonds is 4. The summed E-state index contributed by atoms with van der Waals surface area (Å²) < 4.78 is 0. The molecule has 0 aromatic heterocycles. The van der Waals surface area contributed by atoms with Crippen molar-refractivity contribution in [1.29, 1.82) is 0 Å². The minimum absolute atomic E-state index is 0.0774. The summed E-state index contributed by atoms with van der Waals surface area (Å²) in [5.41, 5.74) is 8.78. The molecule has 4 N–H and O–H groups in total. The highest BCUT2D eigenvalue weighted by molar-refractivity contribution is 8.13. The van der Waals surface area contributed by atoms with Crippen LogP contribution in [0.1, 0.15) is 29.7 Å². The molecule has 0 saturated heterocycles. The van der Waals surface area contributed by atoms with Crippen molar-refractivity contribution in [2.24, 2.45) is 0 Å². The molecule has 18 heavy (non-hydrogen) atoms. The van der Waals surface area contributed by atoms with Crippen LogP contribution in [0.3, 0.4) is 0 Å². The number of carbonyl (C=O) groups excluding carboxylic acids is 1. The first-order valence-electron chi connectivity index (χ1n) is 5.69. The van der Waals surface area contributed by atoms with E-state index in [9.17, 15) is 15.0 Å². The van der Waals surface area contributed by atoms with E-state index in [2.05, 4.69) is 0 Å². The van der Waals surface area contributed by atoms with Gasteiger partial charge in [0.05, 0.1) is 6.10 Å². The molecule has 5 heteroatoms. The van der Waals surface area contributed by atoms with Crippen LogP contribution in [-0.4, -0.2) is 27.2 Å². The van der Waals surface area contributed by atoms with Gasteiger partial charge in [-0.05, 0) is 36.6 Å². The van der Waals surface area contributed by atoms with Gasteiger partial charge in [-0.2, -0.15) is 0 Å². The Morgan fingerprint density at radius 3 is 2.50 bits per heavy atom. The molecule has 0 aliphatic carbocycles. The Morgan fingerprint density at radius 2 is 1.94 bits per heavy atom. The monoisotopic (exact) mass is 269 g/mol. The predicted octanol–water partition coefficient (Wildman–Crippen LogP) is 1.56. The summed E-state index contributed by atoms with van der Waals surface area (Å²) in [6, 6.07) is 3.55. The summed E-state index contributed by atoms with van der Waals surface area (Å²) in [6.07, 6.45) is -1.98. The number of hydrogen-bond donors (Lipinski definition) is 3. The van der Waals surface area contributed by atoms with E-state index in [0.717, 1.165) is 22.9 Å². The van der Waals surface area contributed by atoms with Crippen molar-refractivity contribution in [3.63, 3.8) is 0 Å². The van der Waals surface area contributed by atoms with E-state index in [1.807, 2.05) is 13.8 Å². The normalized spacial score (nSPS) is 14.3. The largest absolute Gasteiger partial charge is 0.399 e. The Balaban J connectivity index is 2.86. The van der Waals surface area contributed by atoms with Gasteiger partial charge >= 0.3 is 0 Å². The fraction of sp³-hybridized carbons (Fsp3) is 0.462. The lowest BCUT2D eigenvalue weighted by Gasteiger charge is -2.20. The van der Waals surface area contributed by atoms with Gasteiger partial charge in [-0.1, -0.05) is 17.8 Å². The highest BCUT2D eigenvalue weighted by Crippen LogP contribution is 2.26. The molecule has 0 heterocycles. The van der Waals surface area contributed by atoms with E-state index < -0.39 is 12.2 Å². The molecule has 1 aromatic rings. The average molecular weight is 269 g/mol. The summed E-state index contributed by atoms with van der Waals surface area (Å²) >= 11 is 1.00. The Bertz CT molecular complexity index is 448. The van der Waals surface area contributed by atoms with Gasteiger partial charge < -0.3 is 15.9 Å². The van der Waals surface area contributed by atoms with E-state index >= 15 is 0 Å². The van der Waals surface area contributed by atoms with Crippen LogP contribution in [-0.2, 0) is 4.79 Å². The van der Waals surface area contributed by atoms with Crippen LogP contribution < -0.4 is 5.73 Å². The van der Waals surface area contributed by atoms with Crippen LogP contribution in [0.15, 0.2) is 12.1 Å². The maximum Gasteiger partial charge on any atom is 0.185 e. The molecule has 1 rings (SSSR count). The summed E-state index contributed by atoms with van der Waals surface area (Å²) in [5.74, 6) is 0.180. The highest BCUT2D eigenvalue weighted by atomic mass is 32.2. The minimum atomic E-state index is -1.00. The molecule has 0 saturated carbocycles. The molecule has 0 fully saturated rings. The Morgan fingerprint density at radius 1 is 1.33 bits per heavy atom. The maximum absolute atomic E-state index is 10.8. The number of thioether (sulfide) groups is 1. The number of carbonyl (C=O) groups is 1. The number of nitrogens with two attached hydrogens (primary N) is 1. The van der Waals surface area contributed by atoms with Crippen LogP contribution in [0.25, 0.3) is 0 Å². The van der Waals surface area contributed by atoms with Crippen LogP contribution in [0.4, 0.5) is 5.69 Å². The molecule has 4 nitrogen and oxygen atoms in total. The van der Waals surface area contributed by atoms with Crippen molar-refractivity contribution in [2.75, 3.05) is 11.5 Å². The molecule has 0 bridgehead atoms. The fourth-order valence-electron chi connectivity index (χ4n) is 1.68. The smallest absolute Gasteiger partial charge is 0.185 e. The summed E-state index contributed by atoms with van der Waals surface area (Å²) in [4.78, 5) is 10.8. The zero-order valence-corrected chi connectivity index (χ0v) is 11.6. The van der Waals surface area contributed by atoms with Gasteiger partial charge in [-0.15, -0.1) is 0 Å². The number of anilines is 1. The van der Waals surface area contributed by atoms with Gasteiger partial charge in [0.25, 0.3) is 0 Å². The minimum Gasteiger partial charge on any atom is -0.399 e. The van der Waals surface area contributed by atoms with E-state index in [-0.39, 0.29) is 10.9 Å². The van der Waals surface area contributed by atoms with Crippen LogP contribution >= 0.6 is 11.8 Å². The van der Waals surface area contributed by atoms with Crippen molar-refractivity contribution >= 4 is 22.6 Å². The third-order valence-corrected chi connectivity index (χ3v) is 3.71. The van der Waals surface area contributed by atoms with Crippen molar-refractivity contribution in [3.05, 3.63) is 28.8 Å². The zero-order chi connectivity index (χ0) is 13.9. The van der Waals surface area contributed by atoms with Gasteiger partial charge in [0.2, 0.25) is 0 Å². The first kappa shape index (κ1) is 15.0. The second kappa shape index (κ2) is 6.22. The molecule has 0 spiro atoms. The van der Waals surface area contributed by atoms with Crippen molar-refractivity contribution in [3.8, 4) is 0 Å². The summed E-state index contributed by atoms with van der Waals surface area (Å²) in [7, 11) is 0. The topological polar surface area (TPSA) is 83.5 Å². The van der Waals surface area contributed by atoms with Crippen molar-refractivity contribution < 1.29 is 15.0 Å². The second-order valence-electron chi connectivity index (χ2n) is 4.38. The number of nitrogen functional groups attached to an aromatic ring is 1. The molecular formula is C13H19NO3S. The molecule has 0 radical (unpaired) electrons. The first-order valence-corrected chi connectivity index (χ1v) is 6.67. The van der Waals surface area contributed by atoms with Gasteiger partial charge in [0.15, 0.2) is 5.12 Å². The molecule has 0 amide bonds. The lowest BCUT2D eigenvalue weighted by atomic mass is 9.97. The van der Waals surface area contributed by atoms with Crippen molar-refractivity contribution in [1.82, 2.24) is 0 Å². The standard InChI is InChI=1S/C13H19NO3S/c1-7-5-11(14)8(2)4-10(7)13(17)12(16)6-18-9(3)15/h4-5,12-13,16-17H,6,14H2,1-3H3. The Kier molecular flexibility index (Phi) is 5.19. The lowest BCUT2D eigenvalue weighted by molar-refractivity contribution is -0.109. The van der Waals surface area contributed by atoms with E-state index in [1.165, 1.54) is 6.92 Å². The molecule has 0 aliphatic heterocycles. The van der Waals surface area contributed by atoms with Gasteiger partial charge in [-0.25, -0.2) is 0 Å². The van der Waals surface area contributed by atoms with Gasteiger partial charge in [0, 0.05) is 18.4 Å². The van der Waals surface area contributed by atoms with E-state index in [1.54, 1.807) is 12.1 Å². The Hall–Kier alpha value is -1.04. The fourth-order valence-corrected chi connectivity index (χ4v) is 2.27. The summed E-state index contributed by atoms with van der Waals surface area (Å²) in [5, 5.41) is 19.9. The molecule has 1 aromatic carbocycles. The Labute approximate surface area is 111 Å². The number of aryl methyl sites for hydroxylation is 2. The first-order chi connectivity index (χ1) is 8.32. The third kappa shape index (κ3) is 3.73. The van der Waals surface area contributed by atoms with E-state index in [4.69, 9.17) is 5.73 Å². The summed E-state index contributed by atoms with van der Waals surface area (Å²) in [6.45, 7) is 5.11. The average Bonchev–Trinajstić information content (AvgIpc) is 2.29. The number of hydrogen-bond acceptors (Lipinski definition) is 5. The van der Waals surface area contributed by atoms with Crippen LogP contribution in [0.2, 0.25) is 0 Å². The molecule has 2 atom stereocenters. The molecule has 0 aliphatic rings. The number of aliphatic hydroxyl groups excluding tert-OH is 2. The molecule has 100 valence electrons. The quantitative estimate of drug-likeness (QED) is 0.722. The molecular weight excluding hydrogens is 250 g/mol. The van der Waals surface area contributed by atoms with Crippen LogP contribution in [0.5, 0.6) is 0 Å². The van der Waals surface area contributed by atoms with Gasteiger partial charge in [-0.3, -0.25) is 4.79 Å². The SMILES string of the molecule is CC(=O)SCC(O)C(O)c1cc(C)c(N)cc1C. The zero-order valence-electron chi connectivity index (χ0n) is 10.8. The van der Waals surface area contributed by atoms with E-state index in [0.29, 0.717) is 11.3 Å². The molecule has 2 unspecified atom stereocenters. The predicted molar refractivity (Wildman–Crippen MR) is 74.4 cm³/mol. The van der Waals surface area contributed by atoms with Crippen LogP contribution in [0, 0.1) is 13.8 Å². The number of benzene rings is 1. The van der Waals surface area contributed by atoms with Gasteiger partial charge in [0.1, 0.15) is 6.10 Å². The lowest BCUT2D eigenvalue weighted by Crippen LogP contribution is -2.22. The maximum atomic E-state index is 10.8. The van der Waals surface area contributed by atoms with Crippen molar-refractivity contribution in [2.45, 2.75) is 33.0 Å². The second-order valence-corrected chi connectivity index (χ2v) is 5.58. The number of aliphatic hydroxyl groups is 2.